The number of hydrogen-bond donors (Lipinski definition) is 0. The number of rotatable bonds is 3. The average Bonchev–Trinajstić information content (AvgIpc) is 2.81. The highest BCUT2D eigenvalue weighted by molar-refractivity contribution is 7.08. The lowest BCUT2D eigenvalue weighted by molar-refractivity contribution is 0.103. The summed E-state index contributed by atoms with van der Waals surface area (Å²) in [6.07, 6.45) is 0. The van der Waals surface area contributed by atoms with Gasteiger partial charge in [-0.05, 0) is 36.1 Å². The van der Waals surface area contributed by atoms with Crippen molar-refractivity contribution in [2.45, 2.75) is 6.92 Å². The van der Waals surface area contributed by atoms with E-state index in [4.69, 9.17) is 4.74 Å². The molecular formula is C13H12O2S. The molecule has 0 radical (unpaired) electrons. The Morgan fingerprint density at radius 3 is 2.75 bits per heavy atom. The molecule has 0 amide bonds. The van der Waals surface area contributed by atoms with Crippen LogP contribution in [0.2, 0.25) is 0 Å². The minimum absolute atomic E-state index is 0.0121. The second-order valence-corrected chi connectivity index (χ2v) is 4.32. The average molecular weight is 232 g/mol. The molecule has 2 aromatic rings. The van der Waals surface area contributed by atoms with Crippen LogP contribution < -0.4 is 4.74 Å². The Balaban J connectivity index is 2.44. The van der Waals surface area contributed by atoms with E-state index < -0.39 is 0 Å². The van der Waals surface area contributed by atoms with Crippen molar-refractivity contribution in [3.8, 4) is 5.75 Å². The van der Waals surface area contributed by atoms with Gasteiger partial charge in [0, 0.05) is 10.9 Å². The molecule has 1 aromatic carbocycles. The summed E-state index contributed by atoms with van der Waals surface area (Å²) in [5.74, 6) is 0.648. The van der Waals surface area contributed by atoms with Crippen molar-refractivity contribution in [3.63, 3.8) is 0 Å². The number of benzene rings is 1. The van der Waals surface area contributed by atoms with Crippen molar-refractivity contribution < 1.29 is 9.53 Å². The highest BCUT2D eigenvalue weighted by atomic mass is 32.1. The molecule has 0 aliphatic carbocycles. The standard InChI is InChI=1S/C13H12O2S/c1-9-3-4-11(12(7-9)15-2)13(14)10-5-6-16-8-10/h3-8H,1-2H3. The fraction of sp³-hybridized carbons (Fsp3) is 0.154. The summed E-state index contributed by atoms with van der Waals surface area (Å²) in [5, 5.41) is 3.75. The van der Waals surface area contributed by atoms with E-state index >= 15 is 0 Å². The van der Waals surface area contributed by atoms with Gasteiger partial charge >= 0.3 is 0 Å². The highest BCUT2D eigenvalue weighted by Gasteiger charge is 2.14. The lowest BCUT2D eigenvalue weighted by Crippen LogP contribution is -2.02. The molecule has 0 spiro atoms. The van der Waals surface area contributed by atoms with Crippen LogP contribution in [0.5, 0.6) is 5.75 Å². The molecule has 82 valence electrons. The number of carbonyl (C=O) groups is 1. The Labute approximate surface area is 98.5 Å². The molecule has 0 saturated heterocycles. The van der Waals surface area contributed by atoms with E-state index in [-0.39, 0.29) is 5.78 Å². The molecule has 16 heavy (non-hydrogen) atoms. The molecule has 1 aromatic heterocycles. The fourth-order valence-corrected chi connectivity index (χ4v) is 2.17. The molecule has 0 aliphatic rings. The Morgan fingerprint density at radius 1 is 1.31 bits per heavy atom. The molecule has 0 bridgehead atoms. The summed E-state index contributed by atoms with van der Waals surface area (Å²) in [6.45, 7) is 1.97. The Hall–Kier alpha value is -1.61. The van der Waals surface area contributed by atoms with Gasteiger partial charge in [-0.15, -0.1) is 0 Å². The van der Waals surface area contributed by atoms with Crippen molar-refractivity contribution in [3.05, 3.63) is 51.7 Å². The maximum atomic E-state index is 12.1. The van der Waals surface area contributed by atoms with Gasteiger partial charge in [0.2, 0.25) is 0 Å². The first-order chi connectivity index (χ1) is 7.72. The predicted molar refractivity (Wildman–Crippen MR) is 65.5 cm³/mol. The lowest BCUT2D eigenvalue weighted by Gasteiger charge is -2.07. The van der Waals surface area contributed by atoms with Crippen molar-refractivity contribution >= 4 is 17.1 Å². The van der Waals surface area contributed by atoms with Gasteiger partial charge in [0.05, 0.1) is 12.7 Å². The minimum Gasteiger partial charge on any atom is -0.496 e. The van der Waals surface area contributed by atoms with Crippen molar-refractivity contribution in [2.24, 2.45) is 0 Å². The first-order valence-electron chi connectivity index (χ1n) is 4.94. The summed E-state index contributed by atoms with van der Waals surface area (Å²) in [6, 6.07) is 7.43. The van der Waals surface area contributed by atoms with Crippen LogP contribution in [0.3, 0.4) is 0 Å². The van der Waals surface area contributed by atoms with E-state index in [2.05, 4.69) is 0 Å². The summed E-state index contributed by atoms with van der Waals surface area (Å²) in [7, 11) is 1.58. The number of methoxy groups -OCH3 is 1. The zero-order valence-electron chi connectivity index (χ0n) is 9.19. The van der Waals surface area contributed by atoms with Crippen LogP contribution in [0, 0.1) is 6.92 Å². The summed E-state index contributed by atoms with van der Waals surface area (Å²) >= 11 is 1.52. The van der Waals surface area contributed by atoms with E-state index in [1.54, 1.807) is 7.11 Å². The number of hydrogen-bond acceptors (Lipinski definition) is 3. The summed E-state index contributed by atoms with van der Waals surface area (Å²) in [5.41, 5.74) is 2.41. The third-order valence-corrected chi connectivity index (χ3v) is 3.07. The normalized spacial score (nSPS) is 10.1. The smallest absolute Gasteiger partial charge is 0.197 e. The van der Waals surface area contributed by atoms with Gasteiger partial charge in [-0.1, -0.05) is 6.07 Å². The van der Waals surface area contributed by atoms with Crippen LogP contribution >= 0.6 is 11.3 Å². The monoisotopic (exact) mass is 232 g/mol. The largest absolute Gasteiger partial charge is 0.496 e. The molecule has 3 heteroatoms. The molecule has 0 fully saturated rings. The molecule has 0 atom stereocenters. The molecule has 1 heterocycles. The van der Waals surface area contributed by atoms with E-state index in [0.717, 1.165) is 5.56 Å². The number of ether oxygens (including phenoxy) is 1. The number of aryl methyl sites for hydroxylation is 1. The molecule has 2 nitrogen and oxygen atoms in total. The van der Waals surface area contributed by atoms with Crippen LogP contribution in [-0.2, 0) is 0 Å². The Morgan fingerprint density at radius 2 is 2.12 bits per heavy atom. The maximum Gasteiger partial charge on any atom is 0.197 e. The third-order valence-electron chi connectivity index (χ3n) is 2.39. The van der Waals surface area contributed by atoms with Crippen LogP contribution in [0.25, 0.3) is 0 Å². The molecule has 0 aliphatic heterocycles. The first-order valence-corrected chi connectivity index (χ1v) is 5.88. The van der Waals surface area contributed by atoms with Crippen LogP contribution in [0.4, 0.5) is 0 Å². The zero-order chi connectivity index (χ0) is 11.5. The highest BCUT2D eigenvalue weighted by Crippen LogP contribution is 2.23. The first kappa shape index (κ1) is 10.9. The summed E-state index contributed by atoms with van der Waals surface area (Å²) < 4.78 is 5.23. The second-order valence-electron chi connectivity index (χ2n) is 3.54. The van der Waals surface area contributed by atoms with Crippen molar-refractivity contribution in [2.75, 3.05) is 7.11 Å². The second kappa shape index (κ2) is 4.49. The quantitative estimate of drug-likeness (QED) is 0.759. The van der Waals surface area contributed by atoms with Gasteiger partial charge in [-0.2, -0.15) is 11.3 Å². The van der Waals surface area contributed by atoms with Crippen LogP contribution in [0.15, 0.2) is 35.0 Å². The van der Waals surface area contributed by atoms with Crippen molar-refractivity contribution in [1.82, 2.24) is 0 Å². The van der Waals surface area contributed by atoms with Gasteiger partial charge in [-0.25, -0.2) is 0 Å². The van der Waals surface area contributed by atoms with E-state index in [1.165, 1.54) is 11.3 Å². The molecule has 0 N–H and O–H groups in total. The van der Waals surface area contributed by atoms with Gasteiger partial charge in [-0.3, -0.25) is 4.79 Å². The third kappa shape index (κ3) is 1.99. The van der Waals surface area contributed by atoms with Gasteiger partial charge in [0.1, 0.15) is 5.75 Å². The SMILES string of the molecule is COc1cc(C)ccc1C(=O)c1ccsc1. The topological polar surface area (TPSA) is 26.3 Å². The number of ketones is 1. The van der Waals surface area contributed by atoms with Crippen LogP contribution in [-0.4, -0.2) is 12.9 Å². The Bertz CT molecular complexity index is 501. The fourth-order valence-electron chi connectivity index (χ4n) is 1.54. The van der Waals surface area contributed by atoms with Gasteiger partial charge < -0.3 is 4.74 Å². The van der Waals surface area contributed by atoms with E-state index in [1.807, 2.05) is 41.9 Å². The van der Waals surface area contributed by atoms with Gasteiger partial charge in [0.25, 0.3) is 0 Å². The Kier molecular flexibility index (Phi) is 3.06. The molecular weight excluding hydrogens is 220 g/mol. The molecule has 0 saturated carbocycles. The zero-order valence-corrected chi connectivity index (χ0v) is 10.0. The molecule has 2 rings (SSSR count). The van der Waals surface area contributed by atoms with Crippen molar-refractivity contribution in [1.29, 1.82) is 0 Å². The van der Waals surface area contributed by atoms with E-state index in [0.29, 0.717) is 16.9 Å². The number of thiophene rings is 1. The van der Waals surface area contributed by atoms with Gasteiger partial charge in [0.15, 0.2) is 5.78 Å². The lowest BCUT2D eigenvalue weighted by atomic mass is 10.0. The van der Waals surface area contributed by atoms with Crippen LogP contribution in [0.1, 0.15) is 21.5 Å². The summed E-state index contributed by atoms with van der Waals surface area (Å²) in [4.78, 5) is 12.1. The van der Waals surface area contributed by atoms with E-state index in [9.17, 15) is 4.79 Å². The predicted octanol–water partition coefficient (Wildman–Crippen LogP) is 3.30. The maximum absolute atomic E-state index is 12.1. The number of carbonyl (C=O) groups excluding carboxylic acids is 1. The minimum atomic E-state index is 0.0121. The molecule has 0 unspecified atom stereocenters.